The van der Waals surface area contributed by atoms with E-state index >= 15 is 0 Å². The minimum Gasteiger partial charge on any atom is -0.391 e. The van der Waals surface area contributed by atoms with Gasteiger partial charge >= 0.3 is 0 Å². The van der Waals surface area contributed by atoms with Crippen molar-refractivity contribution in [1.82, 2.24) is 0 Å². The lowest BCUT2D eigenvalue weighted by molar-refractivity contribution is 0.179. The van der Waals surface area contributed by atoms with Crippen molar-refractivity contribution in [1.29, 1.82) is 5.26 Å². The van der Waals surface area contributed by atoms with Crippen LogP contribution < -0.4 is 4.31 Å². The van der Waals surface area contributed by atoms with Gasteiger partial charge in [0.05, 0.1) is 33.8 Å². The molecular formula is C17H17ClN2O3S. The molecule has 1 N–H and O–H groups in total. The molecule has 0 aliphatic carbocycles. The van der Waals surface area contributed by atoms with Gasteiger partial charge in [-0.3, -0.25) is 4.31 Å². The predicted molar refractivity (Wildman–Crippen MR) is 93.4 cm³/mol. The molecule has 2 rings (SSSR count). The Bertz CT molecular complexity index is 848. The zero-order chi connectivity index (χ0) is 17.7. The average Bonchev–Trinajstić information content (AvgIpc) is 2.59. The molecule has 24 heavy (non-hydrogen) atoms. The van der Waals surface area contributed by atoms with Gasteiger partial charge in [0, 0.05) is 0 Å². The van der Waals surface area contributed by atoms with E-state index in [1.165, 1.54) is 18.2 Å². The molecule has 0 aliphatic rings. The normalized spacial score (nSPS) is 12.4. The monoisotopic (exact) mass is 364 g/mol. The van der Waals surface area contributed by atoms with E-state index in [1.54, 1.807) is 37.3 Å². The van der Waals surface area contributed by atoms with Crippen LogP contribution >= 0.6 is 11.6 Å². The molecule has 1 unspecified atom stereocenters. The third kappa shape index (κ3) is 3.88. The number of hydrogen-bond acceptors (Lipinski definition) is 4. The lowest BCUT2D eigenvalue weighted by atomic mass is 10.2. The SMILES string of the molecule is CCC(O)CN(c1ccccc1)S(=O)(=O)c1ccc(C#N)c(Cl)c1. The summed E-state index contributed by atoms with van der Waals surface area (Å²) < 4.78 is 27.2. The maximum Gasteiger partial charge on any atom is 0.264 e. The van der Waals surface area contributed by atoms with Crippen LogP contribution in [-0.4, -0.2) is 26.2 Å². The number of nitriles is 1. The number of anilines is 1. The van der Waals surface area contributed by atoms with Crippen molar-refractivity contribution in [3.05, 3.63) is 59.1 Å². The number of sulfonamides is 1. The van der Waals surface area contributed by atoms with E-state index in [2.05, 4.69) is 0 Å². The van der Waals surface area contributed by atoms with E-state index in [9.17, 15) is 13.5 Å². The number of hydrogen-bond donors (Lipinski definition) is 1. The Kier molecular flexibility index (Phi) is 5.84. The van der Waals surface area contributed by atoms with Crippen LogP contribution in [0.15, 0.2) is 53.4 Å². The number of aliphatic hydroxyl groups excluding tert-OH is 1. The zero-order valence-corrected chi connectivity index (χ0v) is 14.6. The van der Waals surface area contributed by atoms with Gasteiger partial charge < -0.3 is 5.11 Å². The van der Waals surface area contributed by atoms with Crippen molar-refractivity contribution in [2.24, 2.45) is 0 Å². The first-order valence-electron chi connectivity index (χ1n) is 7.35. The molecule has 126 valence electrons. The van der Waals surface area contributed by atoms with Crippen molar-refractivity contribution < 1.29 is 13.5 Å². The molecule has 0 aromatic heterocycles. The number of aliphatic hydroxyl groups is 1. The molecule has 0 heterocycles. The van der Waals surface area contributed by atoms with Gasteiger partial charge in [0.25, 0.3) is 10.0 Å². The average molecular weight is 365 g/mol. The van der Waals surface area contributed by atoms with Crippen LogP contribution in [-0.2, 0) is 10.0 Å². The highest BCUT2D eigenvalue weighted by Gasteiger charge is 2.27. The van der Waals surface area contributed by atoms with E-state index in [0.717, 1.165) is 4.31 Å². The first-order chi connectivity index (χ1) is 11.4. The Morgan fingerprint density at radius 1 is 1.25 bits per heavy atom. The van der Waals surface area contributed by atoms with Crippen molar-refractivity contribution in [3.63, 3.8) is 0 Å². The second-order valence-corrected chi connectivity index (χ2v) is 7.46. The number of rotatable bonds is 6. The van der Waals surface area contributed by atoms with Crippen molar-refractivity contribution in [2.45, 2.75) is 24.3 Å². The Labute approximate surface area is 146 Å². The van der Waals surface area contributed by atoms with Crippen LogP contribution in [0.1, 0.15) is 18.9 Å². The van der Waals surface area contributed by atoms with Crippen LogP contribution in [0.25, 0.3) is 0 Å². The number of benzene rings is 2. The lowest BCUT2D eigenvalue weighted by Gasteiger charge is -2.26. The molecule has 0 aliphatic heterocycles. The van der Waals surface area contributed by atoms with Crippen LogP contribution in [0.5, 0.6) is 0 Å². The molecule has 5 nitrogen and oxygen atoms in total. The van der Waals surface area contributed by atoms with Gasteiger partial charge in [-0.15, -0.1) is 0 Å². The predicted octanol–water partition coefficient (Wildman–Crippen LogP) is 3.18. The van der Waals surface area contributed by atoms with Gasteiger partial charge in [-0.2, -0.15) is 5.26 Å². The molecule has 7 heteroatoms. The van der Waals surface area contributed by atoms with Gasteiger partial charge in [0.1, 0.15) is 6.07 Å². The first-order valence-corrected chi connectivity index (χ1v) is 9.17. The Balaban J connectivity index is 2.51. The summed E-state index contributed by atoms with van der Waals surface area (Å²) in [7, 11) is -3.93. The molecule has 2 aromatic rings. The summed E-state index contributed by atoms with van der Waals surface area (Å²) in [5, 5.41) is 19.0. The van der Waals surface area contributed by atoms with Crippen molar-refractivity contribution in [2.75, 3.05) is 10.8 Å². The third-order valence-corrected chi connectivity index (χ3v) is 5.64. The highest BCUT2D eigenvalue weighted by atomic mass is 35.5. The summed E-state index contributed by atoms with van der Waals surface area (Å²) in [5.74, 6) is 0. The fraction of sp³-hybridized carbons (Fsp3) is 0.235. The summed E-state index contributed by atoms with van der Waals surface area (Å²) in [6, 6.07) is 14.4. The zero-order valence-electron chi connectivity index (χ0n) is 13.1. The highest BCUT2D eigenvalue weighted by molar-refractivity contribution is 7.92. The van der Waals surface area contributed by atoms with Gasteiger partial charge in [0.2, 0.25) is 0 Å². The van der Waals surface area contributed by atoms with Gasteiger partial charge in [-0.05, 0) is 36.8 Å². The van der Waals surface area contributed by atoms with E-state index < -0.39 is 16.1 Å². The van der Waals surface area contributed by atoms with E-state index in [0.29, 0.717) is 12.1 Å². The second kappa shape index (κ2) is 7.67. The molecule has 0 amide bonds. The minimum absolute atomic E-state index is 0.0290. The van der Waals surface area contributed by atoms with Crippen molar-refractivity contribution >= 4 is 27.3 Å². The van der Waals surface area contributed by atoms with Crippen LogP contribution in [0.3, 0.4) is 0 Å². The number of para-hydroxylation sites is 1. The highest BCUT2D eigenvalue weighted by Crippen LogP contribution is 2.27. The Morgan fingerprint density at radius 3 is 2.46 bits per heavy atom. The number of halogens is 1. The van der Waals surface area contributed by atoms with Gasteiger partial charge in [0.15, 0.2) is 0 Å². The third-order valence-electron chi connectivity index (χ3n) is 3.54. The molecule has 0 saturated heterocycles. The summed E-state index contributed by atoms with van der Waals surface area (Å²) >= 11 is 5.96. The summed E-state index contributed by atoms with van der Waals surface area (Å²) in [6.45, 7) is 1.71. The second-order valence-electron chi connectivity index (χ2n) is 5.19. The fourth-order valence-corrected chi connectivity index (χ4v) is 3.95. The molecule has 0 fully saturated rings. The molecule has 1 atom stereocenters. The van der Waals surface area contributed by atoms with Crippen LogP contribution in [0.2, 0.25) is 5.02 Å². The maximum atomic E-state index is 13.0. The largest absolute Gasteiger partial charge is 0.391 e. The quantitative estimate of drug-likeness (QED) is 0.853. The minimum atomic E-state index is -3.93. The van der Waals surface area contributed by atoms with E-state index in [1.807, 2.05) is 6.07 Å². The molecule has 0 radical (unpaired) electrons. The standard InChI is InChI=1S/C17H17ClN2O3S/c1-2-15(21)12-20(14-6-4-3-5-7-14)24(22,23)16-9-8-13(11-19)17(18)10-16/h3-10,15,21H,2,12H2,1H3. The summed E-state index contributed by atoms with van der Waals surface area (Å²) in [5.41, 5.74) is 0.654. The Morgan fingerprint density at radius 2 is 1.92 bits per heavy atom. The van der Waals surface area contributed by atoms with E-state index in [4.69, 9.17) is 16.9 Å². The van der Waals surface area contributed by atoms with E-state index in [-0.39, 0.29) is 22.0 Å². The smallest absolute Gasteiger partial charge is 0.264 e. The van der Waals surface area contributed by atoms with Crippen LogP contribution in [0.4, 0.5) is 5.69 Å². The number of nitrogens with zero attached hydrogens (tertiary/aromatic N) is 2. The van der Waals surface area contributed by atoms with Crippen molar-refractivity contribution in [3.8, 4) is 6.07 Å². The molecule has 0 saturated carbocycles. The van der Waals surface area contributed by atoms with Crippen LogP contribution in [0, 0.1) is 11.3 Å². The van der Waals surface area contributed by atoms with Gasteiger partial charge in [-0.1, -0.05) is 36.7 Å². The van der Waals surface area contributed by atoms with Gasteiger partial charge in [-0.25, -0.2) is 8.42 Å². The maximum absolute atomic E-state index is 13.0. The molecular weight excluding hydrogens is 348 g/mol. The Hall–Kier alpha value is -2.07. The lowest BCUT2D eigenvalue weighted by Crippen LogP contribution is -2.37. The molecule has 0 spiro atoms. The molecule has 0 bridgehead atoms. The summed E-state index contributed by atoms with van der Waals surface area (Å²) in [6.07, 6.45) is -0.374. The fourth-order valence-electron chi connectivity index (χ4n) is 2.13. The first kappa shape index (κ1) is 18.3. The topological polar surface area (TPSA) is 81.4 Å². The summed E-state index contributed by atoms with van der Waals surface area (Å²) in [4.78, 5) is -0.0290. The molecule has 2 aromatic carbocycles.